The first kappa shape index (κ1) is 18.9. The van der Waals surface area contributed by atoms with E-state index in [1.165, 1.54) is 5.56 Å². The number of halogens is 1. The minimum absolute atomic E-state index is 0.179. The largest absolute Gasteiger partial charge is 0.322 e. The molecule has 0 bridgehead atoms. The van der Waals surface area contributed by atoms with Crippen molar-refractivity contribution in [3.05, 3.63) is 94.3 Å². The van der Waals surface area contributed by atoms with Crippen LogP contribution in [-0.2, 0) is 13.1 Å². The summed E-state index contributed by atoms with van der Waals surface area (Å²) < 4.78 is 0. The Balaban J connectivity index is 1.82. The molecule has 1 N–H and O–H groups in total. The van der Waals surface area contributed by atoms with Gasteiger partial charge in [-0.3, -0.25) is 4.98 Å². The number of hydrogen-bond acceptors (Lipinski definition) is 2. The molecule has 0 aliphatic carbocycles. The molecule has 2 amide bonds. The van der Waals surface area contributed by atoms with Crippen molar-refractivity contribution >= 4 is 23.3 Å². The Kier molecular flexibility index (Phi) is 6.09. The zero-order chi connectivity index (χ0) is 19.2. The fraction of sp³-hybridized carbons (Fsp3) is 0.182. The van der Waals surface area contributed by atoms with Crippen LogP contribution in [0.2, 0.25) is 5.02 Å². The zero-order valence-corrected chi connectivity index (χ0v) is 16.2. The van der Waals surface area contributed by atoms with E-state index < -0.39 is 0 Å². The Morgan fingerprint density at radius 2 is 1.85 bits per heavy atom. The SMILES string of the molecule is Cc1ccc(NC(=O)N(Cc2cccnc2)Cc2ccccc2Cl)cc1C. The third kappa shape index (κ3) is 5.08. The van der Waals surface area contributed by atoms with Gasteiger partial charge in [0.05, 0.1) is 0 Å². The van der Waals surface area contributed by atoms with Crippen molar-refractivity contribution in [3.8, 4) is 0 Å². The maximum absolute atomic E-state index is 13.0. The summed E-state index contributed by atoms with van der Waals surface area (Å²) in [5.41, 5.74) is 4.96. The molecule has 0 saturated heterocycles. The van der Waals surface area contributed by atoms with Gasteiger partial charge in [-0.15, -0.1) is 0 Å². The van der Waals surface area contributed by atoms with Crippen molar-refractivity contribution in [2.45, 2.75) is 26.9 Å². The van der Waals surface area contributed by atoms with Gasteiger partial charge in [-0.05, 0) is 60.4 Å². The van der Waals surface area contributed by atoms with Crippen LogP contribution in [0, 0.1) is 13.8 Å². The Bertz CT molecular complexity index is 928. The highest BCUT2D eigenvalue weighted by atomic mass is 35.5. The number of pyridine rings is 1. The van der Waals surface area contributed by atoms with Crippen molar-refractivity contribution in [3.63, 3.8) is 0 Å². The summed E-state index contributed by atoms with van der Waals surface area (Å²) in [4.78, 5) is 18.9. The fourth-order valence-corrected chi connectivity index (χ4v) is 2.96. The molecule has 0 aliphatic heterocycles. The van der Waals surface area contributed by atoms with Crippen LogP contribution in [0.3, 0.4) is 0 Å². The van der Waals surface area contributed by atoms with Crippen molar-refractivity contribution in [2.75, 3.05) is 5.32 Å². The van der Waals surface area contributed by atoms with E-state index in [1.54, 1.807) is 17.3 Å². The normalized spacial score (nSPS) is 10.5. The summed E-state index contributed by atoms with van der Waals surface area (Å²) in [7, 11) is 0. The number of urea groups is 1. The first-order valence-electron chi connectivity index (χ1n) is 8.78. The van der Waals surface area contributed by atoms with Crippen LogP contribution in [0.1, 0.15) is 22.3 Å². The predicted octanol–water partition coefficient (Wildman–Crippen LogP) is 5.59. The van der Waals surface area contributed by atoms with E-state index in [4.69, 9.17) is 11.6 Å². The lowest BCUT2D eigenvalue weighted by Gasteiger charge is -2.24. The summed E-state index contributed by atoms with van der Waals surface area (Å²) in [6, 6.07) is 17.1. The van der Waals surface area contributed by atoms with E-state index >= 15 is 0 Å². The van der Waals surface area contributed by atoms with Crippen molar-refractivity contribution in [1.82, 2.24) is 9.88 Å². The van der Waals surface area contributed by atoms with E-state index in [0.717, 1.165) is 22.4 Å². The molecule has 1 heterocycles. The number of nitrogens with one attached hydrogen (secondary N) is 1. The van der Waals surface area contributed by atoms with E-state index in [2.05, 4.69) is 10.3 Å². The predicted molar refractivity (Wildman–Crippen MR) is 110 cm³/mol. The van der Waals surface area contributed by atoms with Crippen LogP contribution in [0.25, 0.3) is 0 Å². The third-order valence-corrected chi connectivity index (χ3v) is 4.83. The molecule has 0 aliphatic rings. The number of carbonyl (C=O) groups is 1. The lowest BCUT2D eigenvalue weighted by Crippen LogP contribution is -2.34. The molecule has 4 nitrogen and oxygen atoms in total. The van der Waals surface area contributed by atoms with Gasteiger partial charge in [0.1, 0.15) is 0 Å². The van der Waals surface area contributed by atoms with Crippen LogP contribution >= 0.6 is 11.6 Å². The van der Waals surface area contributed by atoms with Crippen LogP contribution in [0.15, 0.2) is 67.0 Å². The minimum Gasteiger partial charge on any atom is -0.316 e. The molecule has 1 aromatic heterocycles. The number of rotatable bonds is 5. The average Bonchev–Trinajstić information content (AvgIpc) is 2.66. The van der Waals surface area contributed by atoms with Gasteiger partial charge in [0, 0.05) is 36.2 Å². The maximum Gasteiger partial charge on any atom is 0.322 e. The Hall–Kier alpha value is -2.85. The minimum atomic E-state index is -0.179. The quantitative estimate of drug-likeness (QED) is 0.628. The molecule has 138 valence electrons. The lowest BCUT2D eigenvalue weighted by molar-refractivity contribution is 0.206. The molecule has 3 rings (SSSR count). The van der Waals surface area contributed by atoms with E-state index in [9.17, 15) is 4.79 Å². The van der Waals surface area contributed by atoms with E-state index in [1.807, 2.05) is 68.4 Å². The van der Waals surface area contributed by atoms with Crippen molar-refractivity contribution in [1.29, 1.82) is 0 Å². The highest BCUT2D eigenvalue weighted by molar-refractivity contribution is 6.31. The second kappa shape index (κ2) is 8.69. The summed E-state index contributed by atoms with van der Waals surface area (Å²) in [5, 5.41) is 3.64. The first-order valence-corrected chi connectivity index (χ1v) is 9.16. The number of carbonyl (C=O) groups excluding carboxylic acids is 1. The number of benzene rings is 2. The van der Waals surface area contributed by atoms with Gasteiger partial charge < -0.3 is 10.2 Å². The van der Waals surface area contributed by atoms with Gasteiger partial charge >= 0.3 is 6.03 Å². The van der Waals surface area contributed by atoms with Crippen LogP contribution in [0.4, 0.5) is 10.5 Å². The highest BCUT2D eigenvalue weighted by Gasteiger charge is 2.16. The average molecular weight is 380 g/mol. The fourth-order valence-electron chi connectivity index (χ4n) is 2.77. The van der Waals surface area contributed by atoms with Crippen LogP contribution in [0.5, 0.6) is 0 Å². The number of anilines is 1. The first-order chi connectivity index (χ1) is 13.0. The summed E-state index contributed by atoms with van der Waals surface area (Å²) in [5.74, 6) is 0. The summed E-state index contributed by atoms with van der Waals surface area (Å²) in [6.07, 6.45) is 3.49. The number of nitrogens with zero attached hydrogens (tertiary/aromatic N) is 2. The van der Waals surface area contributed by atoms with Crippen molar-refractivity contribution < 1.29 is 4.79 Å². The molecule has 5 heteroatoms. The highest BCUT2D eigenvalue weighted by Crippen LogP contribution is 2.20. The lowest BCUT2D eigenvalue weighted by atomic mass is 10.1. The van der Waals surface area contributed by atoms with Gasteiger partial charge in [0.15, 0.2) is 0 Å². The molecule has 2 aromatic carbocycles. The summed E-state index contributed by atoms with van der Waals surface area (Å²) >= 11 is 6.30. The molecule has 0 spiro atoms. The monoisotopic (exact) mass is 379 g/mol. The zero-order valence-electron chi connectivity index (χ0n) is 15.4. The molecule has 0 fully saturated rings. The molecule has 0 saturated carbocycles. The maximum atomic E-state index is 13.0. The Morgan fingerprint density at radius 3 is 2.56 bits per heavy atom. The molecule has 0 radical (unpaired) electrons. The van der Waals surface area contributed by atoms with Gasteiger partial charge in [-0.1, -0.05) is 41.9 Å². The smallest absolute Gasteiger partial charge is 0.316 e. The van der Waals surface area contributed by atoms with Gasteiger partial charge in [0.25, 0.3) is 0 Å². The number of hydrogen-bond donors (Lipinski definition) is 1. The van der Waals surface area contributed by atoms with Crippen LogP contribution < -0.4 is 5.32 Å². The summed E-state index contributed by atoms with van der Waals surface area (Å²) in [6.45, 7) is 4.93. The van der Waals surface area contributed by atoms with Gasteiger partial charge in [-0.25, -0.2) is 4.79 Å². The van der Waals surface area contributed by atoms with E-state index in [-0.39, 0.29) is 6.03 Å². The number of amides is 2. The Morgan fingerprint density at radius 1 is 1.04 bits per heavy atom. The molecule has 27 heavy (non-hydrogen) atoms. The van der Waals surface area contributed by atoms with Gasteiger partial charge in [-0.2, -0.15) is 0 Å². The van der Waals surface area contributed by atoms with Crippen molar-refractivity contribution in [2.24, 2.45) is 0 Å². The number of aromatic nitrogens is 1. The van der Waals surface area contributed by atoms with Crippen LogP contribution in [-0.4, -0.2) is 15.9 Å². The standard InChI is InChI=1S/C22H22ClN3O/c1-16-9-10-20(12-17(16)2)25-22(27)26(14-18-6-5-11-24-13-18)15-19-7-3-4-8-21(19)23/h3-13H,14-15H2,1-2H3,(H,25,27). The second-order valence-electron chi connectivity index (χ2n) is 6.54. The van der Waals surface area contributed by atoms with E-state index in [0.29, 0.717) is 18.1 Å². The Labute approximate surface area is 164 Å². The molecule has 0 atom stereocenters. The molecular weight excluding hydrogens is 358 g/mol. The molecule has 0 unspecified atom stereocenters. The number of aryl methyl sites for hydroxylation is 2. The third-order valence-electron chi connectivity index (χ3n) is 4.46. The van der Waals surface area contributed by atoms with Gasteiger partial charge in [0.2, 0.25) is 0 Å². The second-order valence-corrected chi connectivity index (χ2v) is 6.95. The topological polar surface area (TPSA) is 45.2 Å². The molecular formula is C22H22ClN3O. The molecule has 3 aromatic rings.